The Morgan fingerprint density at radius 3 is 2.69 bits per heavy atom. The van der Waals surface area contributed by atoms with Gasteiger partial charge in [-0.3, -0.25) is 9.59 Å². The van der Waals surface area contributed by atoms with E-state index in [2.05, 4.69) is 24.1 Å². The number of piperazine rings is 1. The first-order valence-electron chi connectivity index (χ1n) is 9.41. The third-order valence-electron chi connectivity index (χ3n) is 5.39. The number of carbonyl (C=O) groups excluding carboxylic acids is 2. The Kier molecular flexibility index (Phi) is 6.27. The number of nitrogens with zero attached hydrogens (tertiary/aromatic N) is 3. The Morgan fingerprint density at radius 1 is 1.19 bits per heavy atom. The Balaban J connectivity index is 1.68. The largest absolute Gasteiger partial charge is 0.385 e. The molecule has 2 amide bonds. The molecule has 0 aromatic heterocycles. The van der Waals surface area contributed by atoms with E-state index in [0.717, 1.165) is 25.1 Å². The van der Waals surface area contributed by atoms with Crippen LogP contribution < -0.4 is 0 Å². The first-order valence-corrected chi connectivity index (χ1v) is 9.41. The highest BCUT2D eigenvalue weighted by atomic mass is 16.5. The van der Waals surface area contributed by atoms with Crippen LogP contribution in [0.1, 0.15) is 24.4 Å². The number of methoxy groups -OCH3 is 1. The van der Waals surface area contributed by atoms with Crippen molar-refractivity contribution < 1.29 is 14.3 Å². The molecule has 0 spiro atoms. The van der Waals surface area contributed by atoms with Crippen LogP contribution in [-0.4, -0.2) is 80.0 Å². The number of likely N-dealkylation sites (tertiary alicyclic amines) is 1. The van der Waals surface area contributed by atoms with Crippen molar-refractivity contribution in [1.29, 1.82) is 0 Å². The summed E-state index contributed by atoms with van der Waals surface area (Å²) in [5.41, 5.74) is 1.16. The number of carbonyl (C=O) groups is 2. The zero-order chi connectivity index (χ0) is 18.5. The summed E-state index contributed by atoms with van der Waals surface area (Å²) in [6, 6.07) is 10.3. The molecule has 26 heavy (non-hydrogen) atoms. The maximum atomic E-state index is 13.2. The Bertz CT molecular complexity index is 622. The third kappa shape index (κ3) is 4.24. The molecule has 0 aliphatic carbocycles. The van der Waals surface area contributed by atoms with Crippen LogP contribution in [-0.2, 0) is 14.3 Å². The lowest BCUT2D eigenvalue weighted by molar-refractivity contribution is -0.140. The molecule has 142 valence electrons. The quantitative estimate of drug-likeness (QED) is 0.720. The van der Waals surface area contributed by atoms with Gasteiger partial charge in [0.25, 0.3) is 0 Å². The first kappa shape index (κ1) is 18.9. The van der Waals surface area contributed by atoms with Gasteiger partial charge in [-0.05, 0) is 19.0 Å². The molecule has 0 N–H and O–H groups in total. The van der Waals surface area contributed by atoms with E-state index in [1.165, 1.54) is 0 Å². The number of amides is 2. The topological polar surface area (TPSA) is 53.1 Å². The van der Waals surface area contributed by atoms with Crippen molar-refractivity contribution in [3.63, 3.8) is 0 Å². The summed E-state index contributed by atoms with van der Waals surface area (Å²) in [4.78, 5) is 31.6. The Morgan fingerprint density at radius 2 is 1.96 bits per heavy atom. The summed E-state index contributed by atoms with van der Waals surface area (Å²) >= 11 is 0. The summed E-state index contributed by atoms with van der Waals surface area (Å²) in [5, 5.41) is 0. The second-order valence-corrected chi connectivity index (χ2v) is 7.31. The Labute approximate surface area is 155 Å². The van der Waals surface area contributed by atoms with E-state index in [0.29, 0.717) is 32.7 Å². The highest BCUT2D eigenvalue weighted by molar-refractivity contribution is 5.89. The van der Waals surface area contributed by atoms with Crippen molar-refractivity contribution in [2.45, 2.75) is 18.9 Å². The van der Waals surface area contributed by atoms with E-state index in [1.54, 1.807) is 7.11 Å². The van der Waals surface area contributed by atoms with Gasteiger partial charge in [0.1, 0.15) is 0 Å². The van der Waals surface area contributed by atoms with E-state index in [1.807, 2.05) is 28.0 Å². The third-order valence-corrected chi connectivity index (χ3v) is 5.39. The fraction of sp³-hybridized carbons (Fsp3) is 0.600. The van der Waals surface area contributed by atoms with Gasteiger partial charge in [-0.1, -0.05) is 30.3 Å². The highest BCUT2D eigenvalue weighted by Crippen LogP contribution is 2.29. The molecule has 2 aliphatic rings. The smallest absolute Gasteiger partial charge is 0.228 e. The predicted octanol–water partition coefficient (Wildman–Crippen LogP) is 1.39. The van der Waals surface area contributed by atoms with Crippen molar-refractivity contribution >= 4 is 11.8 Å². The summed E-state index contributed by atoms with van der Waals surface area (Å²) in [7, 11) is 3.75. The molecule has 2 aliphatic heterocycles. The van der Waals surface area contributed by atoms with Crippen LogP contribution in [0.2, 0.25) is 0 Å². The maximum absolute atomic E-state index is 13.2. The van der Waals surface area contributed by atoms with Crippen molar-refractivity contribution in [3.05, 3.63) is 35.9 Å². The molecule has 6 nitrogen and oxygen atoms in total. The fourth-order valence-corrected chi connectivity index (χ4v) is 3.93. The highest BCUT2D eigenvalue weighted by Gasteiger charge is 2.39. The number of rotatable bonds is 6. The maximum Gasteiger partial charge on any atom is 0.228 e. The number of benzene rings is 1. The van der Waals surface area contributed by atoms with Gasteiger partial charge in [-0.15, -0.1) is 0 Å². The molecule has 6 heteroatoms. The minimum atomic E-state index is -0.223. The van der Waals surface area contributed by atoms with Gasteiger partial charge in [0.2, 0.25) is 11.8 Å². The lowest BCUT2D eigenvalue weighted by Gasteiger charge is -2.41. The van der Waals surface area contributed by atoms with E-state index < -0.39 is 0 Å². The van der Waals surface area contributed by atoms with Crippen molar-refractivity contribution in [3.8, 4) is 0 Å². The SMILES string of the molecule is COCCCN1C[C@H](C(=O)N2CCN(C)C[C@@H]2c2ccccc2)CC1=O. The molecule has 2 fully saturated rings. The van der Waals surface area contributed by atoms with Crippen LogP contribution in [0.5, 0.6) is 0 Å². The lowest BCUT2D eigenvalue weighted by atomic mass is 9.99. The normalized spacial score (nSPS) is 24.3. The van der Waals surface area contributed by atoms with E-state index >= 15 is 0 Å². The second-order valence-electron chi connectivity index (χ2n) is 7.31. The summed E-state index contributed by atoms with van der Waals surface area (Å²) in [6.45, 7) is 4.25. The van der Waals surface area contributed by atoms with E-state index in [9.17, 15) is 9.59 Å². The van der Waals surface area contributed by atoms with Crippen molar-refractivity contribution in [2.75, 3.05) is 53.5 Å². The number of ether oxygens (including phenoxy) is 1. The zero-order valence-corrected chi connectivity index (χ0v) is 15.8. The average molecular weight is 359 g/mol. The van der Waals surface area contributed by atoms with Crippen LogP contribution in [0.4, 0.5) is 0 Å². The van der Waals surface area contributed by atoms with Crippen LogP contribution >= 0.6 is 0 Å². The van der Waals surface area contributed by atoms with Crippen LogP contribution in [0.25, 0.3) is 0 Å². The first-order chi connectivity index (χ1) is 12.6. The average Bonchev–Trinajstić information content (AvgIpc) is 3.03. The van der Waals surface area contributed by atoms with Crippen LogP contribution in [0.3, 0.4) is 0 Å². The molecule has 0 saturated carbocycles. The Hall–Kier alpha value is -1.92. The molecular weight excluding hydrogens is 330 g/mol. The van der Waals surface area contributed by atoms with Gasteiger partial charge in [-0.2, -0.15) is 0 Å². The van der Waals surface area contributed by atoms with Gasteiger partial charge in [0.15, 0.2) is 0 Å². The molecule has 0 unspecified atom stereocenters. The summed E-state index contributed by atoms with van der Waals surface area (Å²) < 4.78 is 5.06. The second kappa shape index (κ2) is 8.64. The van der Waals surface area contributed by atoms with E-state index in [-0.39, 0.29) is 23.8 Å². The molecule has 2 saturated heterocycles. The number of likely N-dealkylation sites (N-methyl/N-ethyl adjacent to an activating group) is 1. The molecule has 1 aromatic rings. The molecule has 1 aromatic carbocycles. The monoisotopic (exact) mass is 359 g/mol. The number of hydrogen-bond acceptors (Lipinski definition) is 4. The molecule has 2 atom stereocenters. The standard InChI is InChI=1S/C20H29N3O3/c1-21-10-11-23(18(15-21)16-7-4-3-5-8-16)20(25)17-13-19(24)22(14-17)9-6-12-26-2/h3-5,7-8,17-18H,6,9-15H2,1-2H3/t17-,18-/m1/s1. The molecule has 0 bridgehead atoms. The van der Waals surface area contributed by atoms with Gasteiger partial charge in [-0.25, -0.2) is 0 Å². The molecular formula is C20H29N3O3. The van der Waals surface area contributed by atoms with Gasteiger partial charge >= 0.3 is 0 Å². The van der Waals surface area contributed by atoms with Gasteiger partial charge in [0, 0.05) is 52.9 Å². The molecule has 3 rings (SSSR count). The van der Waals surface area contributed by atoms with Crippen molar-refractivity contribution in [2.24, 2.45) is 5.92 Å². The van der Waals surface area contributed by atoms with Gasteiger partial charge in [0.05, 0.1) is 12.0 Å². The molecule has 2 heterocycles. The van der Waals surface area contributed by atoms with Gasteiger partial charge < -0.3 is 19.4 Å². The van der Waals surface area contributed by atoms with E-state index in [4.69, 9.17) is 4.74 Å². The number of hydrogen-bond donors (Lipinski definition) is 0. The minimum absolute atomic E-state index is 0.0556. The predicted molar refractivity (Wildman–Crippen MR) is 99.6 cm³/mol. The molecule has 0 radical (unpaired) electrons. The fourth-order valence-electron chi connectivity index (χ4n) is 3.93. The zero-order valence-electron chi connectivity index (χ0n) is 15.8. The minimum Gasteiger partial charge on any atom is -0.385 e. The summed E-state index contributed by atoms with van der Waals surface area (Å²) in [6.07, 6.45) is 1.14. The lowest BCUT2D eigenvalue weighted by Crippen LogP contribution is -2.51. The van der Waals surface area contributed by atoms with Crippen molar-refractivity contribution in [1.82, 2.24) is 14.7 Å². The van der Waals surface area contributed by atoms with Crippen LogP contribution in [0, 0.1) is 5.92 Å². The van der Waals surface area contributed by atoms with Crippen LogP contribution in [0.15, 0.2) is 30.3 Å². The summed E-state index contributed by atoms with van der Waals surface area (Å²) in [5.74, 6) is -0.0148.